The van der Waals surface area contributed by atoms with E-state index in [4.69, 9.17) is 4.74 Å². The van der Waals surface area contributed by atoms with E-state index >= 15 is 0 Å². The molecule has 236 valence electrons. The third-order valence-electron chi connectivity index (χ3n) is 8.00. The summed E-state index contributed by atoms with van der Waals surface area (Å²) < 4.78 is 46.6. The van der Waals surface area contributed by atoms with Gasteiger partial charge in [-0.1, -0.05) is 37.6 Å². The van der Waals surface area contributed by atoms with Crippen LogP contribution in [0.15, 0.2) is 64.3 Å². The topological polar surface area (TPSA) is 64.4 Å². The van der Waals surface area contributed by atoms with Gasteiger partial charge in [0.25, 0.3) is 11.5 Å². The summed E-state index contributed by atoms with van der Waals surface area (Å²) in [5.74, 6) is 0.763. The summed E-state index contributed by atoms with van der Waals surface area (Å²) in [5.41, 5.74) is 3.35. The number of alkyl halides is 3. The first kappa shape index (κ1) is 32.2. The zero-order chi connectivity index (χ0) is 32.5. The van der Waals surface area contributed by atoms with Crippen LogP contribution in [0.3, 0.4) is 0 Å². The maximum absolute atomic E-state index is 14.6. The molecule has 0 aliphatic carbocycles. The van der Waals surface area contributed by atoms with Gasteiger partial charge in [-0.25, -0.2) is 4.98 Å². The molecule has 0 unspecified atom stereocenters. The zero-order valence-electron chi connectivity index (χ0n) is 26.0. The number of aromatic nitrogens is 2. The highest BCUT2D eigenvalue weighted by Gasteiger charge is 2.31. The minimum atomic E-state index is -4.45. The van der Waals surface area contributed by atoms with Crippen LogP contribution in [-0.4, -0.2) is 40.6 Å². The number of halogens is 3. The van der Waals surface area contributed by atoms with Gasteiger partial charge in [0.05, 0.1) is 40.9 Å². The predicted molar refractivity (Wildman–Crippen MR) is 173 cm³/mol. The summed E-state index contributed by atoms with van der Waals surface area (Å²) in [7, 11) is 1.56. The quantitative estimate of drug-likeness (QED) is 0.204. The molecule has 2 aromatic heterocycles. The fraction of sp³-hybridized carbons (Fsp3) is 0.343. The number of hydrogen-bond acceptors (Lipinski definition) is 5. The molecule has 1 amide bonds. The van der Waals surface area contributed by atoms with Crippen molar-refractivity contribution in [2.24, 2.45) is 5.92 Å². The SMILES string of the molecule is CCc1ccc(OC)cc1-n1c(C=C(C)C)c(C(=O)N2CCC[C@H](C)C2)cc(-c2nc(-c3ccc(C(F)(F)F)cc3)cs2)c1=O. The number of aryl methyl sites for hydroxylation is 1. The van der Waals surface area contributed by atoms with Crippen LogP contribution >= 0.6 is 11.3 Å². The number of pyridine rings is 1. The van der Waals surface area contributed by atoms with Gasteiger partial charge in [0.15, 0.2) is 0 Å². The van der Waals surface area contributed by atoms with Gasteiger partial charge >= 0.3 is 6.18 Å². The fourth-order valence-electron chi connectivity index (χ4n) is 5.69. The van der Waals surface area contributed by atoms with Crippen LogP contribution < -0.4 is 10.3 Å². The smallest absolute Gasteiger partial charge is 0.416 e. The average Bonchev–Trinajstić information content (AvgIpc) is 3.50. The molecule has 1 atom stereocenters. The molecule has 0 radical (unpaired) electrons. The molecule has 4 aromatic rings. The number of piperidine rings is 1. The zero-order valence-corrected chi connectivity index (χ0v) is 26.8. The summed E-state index contributed by atoms with van der Waals surface area (Å²) >= 11 is 1.21. The van der Waals surface area contributed by atoms with Crippen LogP contribution in [0.25, 0.3) is 33.6 Å². The number of nitrogens with zero attached hydrogens (tertiary/aromatic N) is 3. The van der Waals surface area contributed by atoms with Crippen molar-refractivity contribution in [1.29, 1.82) is 0 Å². The number of amides is 1. The minimum absolute atomic E-state index is 0.162. The molecule has 0 saturated carbocycles. The second-order valence-electron chi connectivity index (χ2n) is 11.7. The summed E-state index contributed by atoms with van der Waals surface area (Å²) in [4.78, 5) is 35.4. The Morgan fingerprint density at radius 1 is 1.13 bits per heavy atom. The number of rotatable bonds is 7. The molecule has 10 heteroatoms. The van der Waals surface area contributed by atoms with Crippen LogP contribution in [0.1, 0.15) is 67.7 Å². The molecule has 3 heterocycles. The predicted octanol–water partition coefficient (Wildman–Crippen LogP) is 8.51. The van der Waals surface area contributed by atoms with E-state index in [1.54, 1.807) is 29.2 Å². The molecule has 6 nitrogen and oxygen atoms in total. The first-order chi connectivity index (χ1) is 21.4. The van der Waals surface area contributed by atoms with Gasteiger partial charge in [-0.15, -0.1) is 11.3 Å². The molecule has 1 saturated heterocycles. The van der Waals surface area contributed by atoms with Gasteiger partial charge in [0, 0.05) is 30.1 Å². The molecule has 45 heavy (non-hydrogen) atoms. The number of carbonyl (C=O) groups excluding carboxylic acids is 1. The first-order valence-corrected chi connectivity index (χ1v) is 15.8. The number of thiazole rings is 1. The van der Waals surface area contributed by atoms with Crippen molar-refractivity contribution in [2.45, 2.75) is 53.1 Å². The fourth-order valence-corrected chi connectivity index (χ4v) is 6.53. The van der Waals surface area contributed by atoms with Crippen molar-refractivity contribution in [1.82, 2.24) is 14.5 Å². The van der Waals surface area contributed by atoms with Gasteiger partial charge in [0.2, 0.25) is 0 Å². The third kappa shape index (κ3) is 6.76. The number of likely N-dealkylation sites (tertiary alicyclic amines) is 1. The Morgan fingerprint density at radius 2 is 1.87 bits per heavy atom. The highest BCUT2D eigenvalue weighted by molar-refractivity contribution is 7.13. The Bertz CT molecular complexity index is 1800. The molecule has 1 aliphatic heterocycles. The first-order valence-electron chi connectivity index (χ1n) is 15.0. The van der Waals surface area contributed by atoms with E-state index in [9.17, 15) is 22.8 Å². The minimum Gasteiger partial charge on any atom is -0.497 e. The number of benzene rings is 2. The Kier molecular flexibility index (Phi) is 9.34. The second-order valence-corrected chi connectivity index (χ2v) is 12.5. The van der Waals surface area contributed by atoms with Crippen LogP contribution in [-0.2, 0) is 12.6 Å². The van der Waals surface area contributed by atoms with E-state index in [1.165, 1.54) is 23.5 Å². The summed E-state index contributed by atoms with van der Waals surface area (Å²) in [6.45, 7) is 9.22. The molecule has 0 N–H and O–H groups in total. The maximum atomic E-state index is 14.6. The monoisotopic (exact) mass is 635 g/mol. The van der Waals surface area contributed by atoms with Crippen LogP contribution in [0.5, 0.6) is 5.75 Å². The van der Waals surface area contributed by atoms with E-state index in [2.05, 4.69) is 11.9 Å². The van der Waals surface area contributed by atoms with Crippen molar-refractivity contribution in [3.8, 4) is 33.3 Å². The maximum Gasteiger partial charge on any atom is 0.416 e. The lowest BCUT2D eigenvalue weighted by atomic mass is 9.98. The van der Waals surface area contributed by atoms with Gasteiger partial charge < -0.3 is 9.64 Å². The van der Waals surface area contributed by atoms with Crippen LogP contribution in [0, 0.1) is 5.92 Å². The highest BCUT2D eigenvalue weighted by atomic mass is 32.1. The summed E-state index contributed by atoms with van der Waals surface area (Å²) in [6.07, 6.45) is -0.00972. The van der Waals surface area contributed by atoms with Gasteiger partial charge in [-0.3, -0.25) is 14.2 Å². The molecule has 0 bridgehead atoms. The Morgan fingerprint density at radius 3 is 2.49 bits per heavy atom. The van der Waals surface area contributed by atoms with Crippen molar-refractivity contribution < 1.29 is 22.7 Å². The van der Waals surface area contributed by atoms with Gasteiger partial charge in [-0.2, -0.15) is 13.2 Å². The van der Waals surface area contributed by atoms with E-state index < -0.39 is 11.7 Å². The number of allylic oxidation sites excluding steroid dienone is 1. The van der Waals surface area contributed by atoms with E-state index in [1.807, 2.05) is 43.9 Å². The van der Waals surface area contributed by atoms with E-state index in [0.717, 1.165) is 36.1 Å². The molecular formula is C35H36F3N3O3S. The highest BCUT2D eigenvalue weighted by Crippen LogP contribution is 2.34. The normalized spacial score (nSPS) is 15.2. The molecule has 0 spiro atoms. The van der Waals surface area contributed by atoms with E-state index in [-0.39, 0.29) is 17.0 Å². The Hall–Kier alpha value is -4.18. The van der Waals surface area contributed by atoms with E-state index in [0.29, 0.717) is 64.4 Å². The average molecular weight is 636 g/mol. The molecule has 2 aromatic carbocycles. The van der Waals surface area contributed by atoms with Crippen molar-refractivity contribution in [3.05, 3.63) is 92.2 Å². The Labute approximate surface area is 264 Å². The molecule has 1 fully saturated rings. The lowest BCUT2D eigenvalue weighted by Gasteiger charge is -2.32. The second kappa shape index (κ2) is 13.0. The standard InChI is InChI=1S/C35H36F3N3O3S/c1-6-23-11-14-26(44-5)17-30(23)41-31(16-21(2)3)27(33(42)40-15-7-8-22(4)19-40)18-28(34(41)43)32-39-29(20-45-32)24-9-12-25(13-10-24)35(36,37)38/h9-14,16-18,20,22H,6-8,15,19H2,1-5H3/t22-/m0/s1. The summed E-state index contributed by atoms with van der Waals surface area (Å²) in [5, 5.41) is 2.08. The van der Waals surface area contributed by atoms with Crippen molar-refractivity contribution >= 4 is 23.3 Å². The number of methoxy groups -OCH3 is 1. The van der Waals surface area contributed by atoms with Gasteiger partial charge in [-0.05, 0) is 74.9 Å². The number of hydrogen-bond donors (Lipinski definition) is 0. The Balaban J connectivity index is 1.76. The largest absolute Gasteiger partial charge is 0.497 e. The van der Waals surface area contributed by atoms with Crippen LogP contribution in [0.4, 0.5) is 13.2 Å². The van der Waals surface area contributed by atoms with Crippen LogP contribution in [0.2, 0.25) is 0 Å². The number of carbonyl (C=O) groups is 1. The molecule has 1 aliphatic rings. The van der Waals surface area contributed by atoms with Gasteiger partial charge in [0.1, 0.15) is 10.8 Å². The molecular weight excluding hydrogens is 599 g/mol. The lowest BCUT2D eigenvalue weighted by molar-refractivity contribution is -0.137. The summed E-state index contributed by atoms with van der Waals surface area (Å²) in [6, 6.07) is 12.0. The van der Waals surface area contributed by atoms with Crippen molar-refractivity contribution in [2.75, 3.05) is 20.2 Å². The third-order valence-corrected chi connectivity index (χ3v) is 8.87. The lowest BCUT2D eigenvalue weighted by Crippen LogP contribution is -2.40. The molecule has 5 rings (SSSR count). The van der Waals surface area contributed by atoms with Crippen molar-refractivity contribution in [3.63, 3.8) is 0 Å². The number of ether oxygens (including phenoxy) is 1.